The molecule has 0 radical (unpaired) electrons. The molecule has 6 heteroatoms. The number of carbonyl (C=O) groups is 1. The van der Waals surface area contributed by atoms with E-state index in [0.717, 1.165) is 30.4 Å². The van der Waals surface area contributed by atoms with Crippen LogP contribution >= 0.6 is 0 Å². The third-order valence-corrected chi connectivity index (χ3v) is 3.57. The van der Waals surface area contributed by atoms with Crippen molar-refractivity contribution < 1.29 is 9.21 Å². The molecule has 1 aromatic heterocycles. The van der Waals surface area contributed by atoms with Crippen LogP contribution in [0.15, 0.2) is 39.5 Å². The molecule has 0 aliphatic rings. The van der Waals surface area contributed by atoms with Crippen LogP contribution < -0.4 is 11.1 Å². The molecule has 2 rings (SSSR count). The minimum atomic E-state index is -0.627. The maximum atomic E-state index is 12.0. The van der Waals surface area contributed by atoms with Crippen molar-refractivity contribution in [1.82, 2.24) is 15.1 Å². The number of amides is 1. The van der Waals surface area contributed by atoms with Crippen LogP contribution in [-0.4, -0.2) is 21.7 Å². The topological polar surface area (TPSA) is 77.1 Å². The van der Waals surface area contributed by atoms with Crippen molar-refractivity contribution in [3.63, 3.8) is 0 Å². The summed E-state index contributed by atoms with van der Waals surface area (Å²) in [6, 6.07) is 9.21. The summed E-state index contributed by atoms with van der Waals surface area (Å²) >= 11 is 0. The van der Waals surface area contributed by atoms with Crippen LogP contribution in [0, 0.1) is 0 Å². The highest BCUT2D eigenvalue weighted by atomic mass is 16.4. The van der Waals surface area contributed by atoms with Crippen molar-refractivity contribution >= 4 is 5.91 Å². The number of hydrogen-bond donors (Lipinski definition) is 1. The van der Waals surface area contributed by atoms with E-state index in [1.165, 1.54) is 0 Å². The van der Waals surface area contributed by atoms with E-state index in [-0.39, 0.29) is 24.4 Å². The van der Waals surface area contributed by atoms with Crippen LogP contribution in [0.2, 0.25) is 0 Å². The summed E-state index contributed by atoms with van der Waals surface area (Å²) < 4.78 is 6.15. The number of aromatic nitrogens is 2. The van der Waals surface area contributed by atoms with Crippen molar-refractivity contribution in [2.24, 2.45) is 0 Å². The molecule has 0 aliphatic heterocycles. The van der Waals surface area contributed by atoms with Crippen molar-refractivity contribution in [2.75, 3.05) is 0 Å². The third-order valence-electron chi connectivity index (χ3n) is 3.57. The van der Waals surface area contributed by atoms with E-state index in [4.69, 9.17) is 4.42 Å². The number of nitrogens with zero attached hydrogens (tertiary/aromatic N) is 2. The summed E-state index contributed by atoms with van der Waals surface area (Å²) in [6.45, 7) is 3.98. The van der Waals surface area contributed by atoms with Gasteiger partial charge in [0.2, 0.25) is 11.8 Å². The summed E-state index contributed by atoms with van der Waals surface area (Å²) in [5, 5.41) is 6.96. The Morgan fingerprint density at radius 3 is 2.74 bits per heavy atom. The Labute approximate surface area is 135 Å². The lowest BCUT2D eigenvalue weighted by molar-refractivity contribution is -0.122. The predicted octanol–water partition coefficient (Wildman–Crippen LogP) is 2.59. The fourth-order valence-electron chi connectivity index (χ4n) is 2.33. The molecule has 6 nitrogen and oxygen atoms in total. The summed E-state index contributed by atoms with van der Waals surface area (Å²) in [4.78, 5) is 23.8. The normalized spacial score (nSPS) is 12.1. The zero-order chi connectivity index (χ0) is 16.7. The van der Waals surface area contributed by atoms with Crippen molar-refractivity contribution in [1.29, 1.82) is 0 Å². The van der Waals surface area contributed by atoms with E-state index in [1.807, 2.05) is 25.1 Å². The van der Waals surface area contributed by atoms with E-state index >= 15 is 0 Å². The van der Waals surface area contributed by atoms with Gasteiger partial charge in [0, 0.05) is 11.6 Å². The molecule has 0 fully saturated rings. The summed E-state index contributed by atoms with van der Waals surface area (Å²) in [7, 11) is 0. The largest absolute Gasteiger partial charge is 0.437 e. The van der Waals surface area contributed by atoms with Gasteiger partial charge in [0.15, 0.2) is 0 Å². The van der Waals surface area contributed by atoms with Crippen molar-refractivity contribution in [3.8, 4) is 11.5 Å². The molecule has 1 aromatic carbocycles. The van der Waals surface area contributed by atoms with Gasteiger partial charge in [0.25, 0.3) is 0 Å². The average molecular weight is 317 g/mol. The highest BCUT2D eigenvalue weighted by molar-refractivity contribution is 5.75. The van der Waals surface area contributed by atoms with E-state index in [2.05, 4.69) is 17.3 Å². The summed E-state index contributed by atoms with van der Waals surface area (Å²) in [5.74, 6) is -0.638. The van der Waals surface area contributed by atoms with Crippen LogP contribution in [0.5, 0.6) is 0 Å². The number of hydrogen-bond acceptors (Lipinski definition) is 4. The molecule has 1 amide bonds. The molecule has 0 saturated carbocycles. The second kappa shape index (κ2) is 8.31. The highest BCUT2D eigenvalue weighted by Gasteiger charge is 2.14. The van der Waals surface area contributed by atoms with Crippen molar-refractivity contribution in [2.45, 2.75) is 52.1 Å². The molecule has 0 spiro atoms. The fraction of sp³-hybridized carbons (Fsp3) is 0.471. The van der Waals surface area contributed by atoms with Gasteiger partial charge in [-0.1, -0.05) is 44.4 Å². The molecular formula is C17H23N3O3. The number of nitrogens with one attached hydrogen (secondary N) is 1. The Morgan fingerprint density at radius 1 is 1.30 bits per heavy atom. The molecule has 0 aliphatic carbocycles. The zero-order valence-corrected chi connectivity index (χ0v) is 13.6. The first-order valence-electron chi connectivity index (χ1n) is 8.03. The zero-order valence-electron chi connectivity index (χ0n) is 13.6. The van der Waals surface area contributed by atoms with Gasteiger partial charge in [-0.05, 0) is 25.5 Å². The summed E-state index contributed by atoms with van der Waals surface area (Å²) in [5.41, 5.74) is 0.705. The Morgan fingerprint density at radius 2 is 2.04 bits per heavy atom. The number of rotatable bonds is 8. The monoisotopic (exact) mass is 317 g/mol. The maximum absolute atomic E-state index is 12.0. The summed E-state index contributed by atoms with van der Waals surface area (Å²) in [6.07, 6.45) is 4.32. The number of carbonyl (C=O) groups excluding carboxylic acids is 1. The van der Waals surface area contributed by atoms with Crippen LogP contribution in [-0.2, 0) is 11.3 Å². The molecule has 1 heterocycles. The molecule has 1 atom stereocenters. The lowest BCUT2D eigenvalue weighted by Gasteiger charge is -2.13. The Balaban J connectivity index is 1.94. The van der Waals surface area contributed by atoms with Gasteiger partial charge in [0.1, 0.15) is 6.54 Å². The van der Waals surface area contributed by atoms with E-state index in [9.17, 15) is 9.59 Å². The first kappa shape index (κ1) is 17.0. The lowest BCUT2D eigenvalue weighted by Crippen LogP contribution is -2.37. The van der Waals surface area contributed by atoms with Gasteiger partial charge in [-0.25, -0.2) is 4.79 Å². The van der Waals surface area contributed by atoms with Crippen LogP contribution in [0.4, 0.5) is 0 Å². The number of unbranched alkanes of at least 4 members (excludes halogenated alkanes) is 2. The van der Waals surface area contributed by atoms with Gasteiger partial charge in [-0.2, -0.15) is 4.68 Å². The standard InChI is InChI=1S/C17H23N3O3/c1-3-4-6-9-13(2)18-15(21)12-20-17(22)23-16(19-20)14-10-7-5-8-11-14/h5,7-8,10-11,13H,3-4,6,9,12H2,1-2H3,(H,18,21)/t13-/m1/s1. The fourth-order valence-corrected chi connectivity index (χ4v) is 2.33. The van der Waals surface area contributed by atoms with Crippen molar-refractivity contribution in [3.05, 3.63) is 40.9 Å². The van der Waals surface area contributed by atoms with E-state index < -0.39 is 5.76 Å². The minimum Gasteiger partial charge on any atom is -0.388 e. The second-order valence-electron chi connectivity index (χ2n) is 5.66. The van der Waals surface area contributed by atoms with Gasteiger partial charge in [-0.3, -0.25) is 4.79 Å². The molecule has 0 bridgehead atoms. The van der Waals surface area contributed by atoms with Crippen LogP contribution in [0.25, 0.3) is 11.5 Å². The van der Waals surface area contributed by atoms with Gasteiger partial charge in [0.05, 0.1) is 0 Å². The average Bonchev–Trinajstić information content (AvgIpc) is 2.89. The molecule has 124 valence electrons. The smallest absolute Gasteiger partial charge is 0.388 e. The maximum Gasteiger partial charge on any atom is 0.437 e. The molecule has 0 unspecified atom stereocenters. The first-order valence-corrected chi connectivity index (χ1v) is 8.03. The Hall–Kier alpha value is -2.37. The number of benzene rings is 1. The van der Waals surface area contributed by atoms with E-state index in [0.29, 0.717) is 5.56 Å². The van der Waals surface area contributed by atoms with Crippen LogP contribution in [0.1, 0.15) is 39.5 Å². The molecule has 1 N–H and O–H groups in total. The molecular weight excluding hydrogens is 294 g/mol. The SMILES string of the molecule is CCCCC[C@@H](C)NC(=O)Cn1nc(-c2ccccc2)oc1=O. The van der Waals surface area contributed by atoms with Gasteiger partial charge < -0.3 is 9.73 Å². The van der Waals surface area contributed by atoms with Gasteiger partial charge >= 0.3 is 5.76 Å². The third kappa shape index (κ3) is 5.09. The Kier molecular flexibility index (Phi) is 6.14. The quantitative estimate of drug-likeness (QED) is 0.759. The molecule has 23 heavy (non-hydrogen) atoms. The minimum absolute atomic E-state index is 0.0882. The second-order valence-corrected chi connectivity index (χ2v) is 5.66. The lowest BCUT2D eigenvalue weighted by atomic mass is 10.1. The Bertz CT molecular complexity index is 676. The molecule has 2 aromatic rings. The van der Waals surface area contributed by atoms with Crippen LogP contribution in [0.3, 0.4) is 0 Å². The van der Waals surface area contributed by atoms with Gasteiger partial charge in [-0.15, -0.1) is 5.10 Å². The highest BCUT2D eigenvalue weighted by Crippen LogP contribution is 2.13. The van der Waals surface area contributed by atoms with E-state index in [1.54, 1.807) is 12.1 Å². The predicted molar refractivity (Wildman–Crippen MR) is 87.9 cm³/mol. The molecule has 0 saturated heterocycles. The first-order chi connectivity index (χ1) is 11.1.